The van der Waals surface area contributed by atoms with Crippen LogP contribution in [0, 0.1) is 0 Å². The lowest BCUT2D eigenvalue weighted by Crippen LogP contribution is -2.24. The standard InChI is InChI=1S/C28H41N3O3/c1-9-13-31(14-10-2)21-12-11-19(24(32)17-21)18-29-30-26(34)20-15-22(27(3,4)5)25(33)23(16-20)28(6,7)8/h11-12,15-18,32-33H,9-10,13-14H2,1-8H3,(H,30,34). The van der Waals surface area contributed by atoms with Crippen LogP contribution in [0.5, 0.6) is 11.5 Å². The first-order chi connectivity index (χ1) is 15.8. The fourth-order valence-electron chi connectivity index (χ4n) is 3.88. The predicted octanol–water partition coefficient (Wildman–Crippen LogP) is 6.08. The average Bonchev–Trinajstić information content (AvgIpc) is 2.73. The number of hydrogen-bond donors (Lipinski definition) is 3. The number of anilines is 1. The van der Waals surface area contributed by atoms with Gasteiger partial charge in [0.25, 0.3) is 5.91 Å². The molecule has 3 N–H and O–H groups in total. The van der Waals surface area contributed by atoms with E-state index in [1.807, 2.05) is 47.6 Å². The summed E-state index contributed by atoms with van der Waals surface area (Å²) in [5.41, 5.74) is 5.24. The van der Waals surface area contributed by atoms with E-state index in [0.29, 0.717) is 22.3 Å². The number of amides is 1. The molecule has 0 radical (unpaired) electrons. The third-order valence-corrected chi connectivity index (χ3v) is 5.72. The summed E-state index contributed by atoms with van der Waals surface area (Å²) >= 11 is 0. The molecule has 0 spiro atoms. The van der Waals surface area contributed by atoms with Crippen molar-refractivity contribution in [2.45, 2.75) is 79.1 Å². The number of carbonyl (C=O) groups is 1. The fourth-order valence-corrected chi connectivity index (χ4v) is 3.88. The third-order valence-electron chi connectivity index (χ3n) is 5.72. The molecule has 0 aliphatic heterocycles. The molecule has 2 rings (SSSR count). The predicted molar refractivity (Wildman–Crippen MR) is 141 cm³/mol. The van der Waals surface area contributed by atoms with Gasteiger partial charge >= 0.3 is 0 Å². The molecular formula is C28H41N3O3. The van der Waals surface area contributed by atoms with Gasteiger partial charge in [-0.25, -0.2) is 5.43 Å². The fraction of sp³-hybridized carbons (Fsp3) is 0.500. The quantitative estimate of drug-likeness (QED) is 0.324. The second-order valence-corrected chi connectivity index (χ2v) is 10.8. The van der Waals surface area contributed by atoms with E-state index >= 15 is 0 Å². The molecule has 2 aromatic rings. The van der Waals surface area contributed by atoms with Crippen molar-refractivity contribution in [3.63, 3.8) is 0 Å². The summed E-state index contributed by atoms with van der Waals surface area (Å²) in [6, 6.07) is 8.93. The lowest BCUT2D eigenvalue weighted by atomic mass is 9.78. The molecule has 0 heterocycles. The second-order valence-electron chi connectivity index (χ2n) is 10.8. The average molecular weight is 468 g/mol. The molecule has 34 heavy (non-hydrogen) atoms. The van der Waals surface area contributed by atoms with E-state index in [0.717, 1.165) is 31.6 Å². The van der Waals surface area contributed by atoms with Crippen LogP contribution in [0.3, 0.4) is 0 Å². The van der Waals surface area contributed by atoms with E-state index in [4.69, 9.17) is 0 Å². The Labute approximate surface area is 204 Å². The Hall–Kier alpha value is -3.02. The van der Waals surface area contributed by atoms with Crippen LogP contribution in [-0.4, -0.2) is 35.4 Å². The van der Waals surface area contributed by atoms with Gasteiger partial charge in [-0.3, -0.25) is 4.79 Å². The number of phenols is 2. The molecule has 186 valence electrons. The SMILES string of the molecule is CCCN(CCC)c1ccc(C=NNC(=O)c2cc(C(C)(C)C)c(O)c(C(C)(C)C)c2)c(O)c1. The first kappa shape index (κ1) is 27.2. The maximum absolute atomic E-state index is 12.9. The number of carbonyl (C=O) groups excluding carboxylic acids is 1. The monoisotopic (exact) mass is 467 g/mol. The summed E-state index contributed by atoms with van der Waals surface area (Å²) in [5, 5.41) is 25.4. The van der Waals surface area contributed by atoms with Gasteiger partial charge in [0.2, 0.25) is 0 Å². The van der Waals surface area contributed by atoms with Gasteiger partial charge in [-0.1, -0.05) is 55.4 Å². The summed E-state index contributed by atoms with van der Waals surface area (Å²) in [7, 11) is 0. The van der Waals surface area contributed by atoms with Crippen LogP contribution in [0.15, 0.2) is 35.4 Å². The number of nitrogens with one attached hydrogen (secondary N) is 1. The number of hydrogen-bond acceptors (Lipinski definition) is 5. The van der Waals surface area contributed by atoms with Crippen LogP contribution in [0.4, 0.5) is 5.69 Å². The summed E-state index contributed by atoms with van der Waals surface area (Å²) in [6.45, 7) is 18.1. The maximum atomic E-state index is 12.9. The molecule has 0 aliphatic carbocycles. The van der Waals surface area contributed by atoms with Gasteiger partial charge < -0.3 is 15.1 Å². The molecule has 0 aliphatic rings. The van der Waals surface area contributed by atoms with E-state index in [9.17, 15) is 15.0 Å². The zero-order chi connectivity index (χ0) is 25.7. The highest BCUT2D eigenvalue weighted by molar-refractivity contribution is 5.96. The number of hydrazone groups is 1. The highest BCUT2D eigenvalue weighted by Crippen LogP contribution is 2.39. The summed E-state index contributed by atoms with van der Waals surface area (Å²) < 4.78 is 0. The first-order valence-corrected chi connectivity index (χ1v) is 12.1. The van der Waals surface area contributed by atoms with E-state index < -0.39 is 0 Å². The topological polar surface area (TPSA) is 85.2 Å². The van der Waals surface area contributed by atoms with Gasteiger partial charge in [0.1, 0.15) is 11.5 Å². The van der Waals surface area contributed by atoms with Crippen molar-refractivity contribution in [3.8, 4) is 11.5 Å². The van der Waals surface area contributed by atoms with Gasteiger partial charge in [0.05, 0.1) is 6.21 Å². The van der Waals surface area contributed by atoms with E-state index in [2.05, 4.69) is 29.3 Å². The van der Waals surface area contributed by atoms with Gasteiger partial charge in [0, 0.05) is 47.1 Å². The molecule has 0 bridgehead atoms. The van der Waals surface area contributed by atoms with Crippen molar-refractivity contribution < 1.29 is 15.0 Å². The molecule has 0 saturated carbocycles. The first-order valence-electron chi connectivity index (χ1n) is 12.1. The zero-order valence-electron chi connectivity index (χ0n) is 22.0. The Morgan fingerprint density at radius 3 is 1.91 bits per heavy atom. The summed E-state index contributed by atoms with van der Waals surface area (Å²) in [6.07, 6.45) is 3.50. The van der Waals surface area contributed by atoms with Crippen LogP contribution in [0.25, 0.3) is 0 Å². The highest BCUT2D eigenvalue weighted by Gasteiger charge is 2.27. The molecule has 0 unspecified atom stereocenters. The molecule has 0 fully saturated rings. The van der Waals surface area contributed by atoms with Crippen LogP contribution < -0.4 is 10.3 Å². The normalized spacial score (nSPS) is 12.2. The molecule has 6 nitrogen and oxygen atoms in total. The van der Waals surface area contributed by atoms with E-state index in [1.165, 1.54) is 6.21 Å². The number of rotatable bonds is 8. The summed E-state index contributed by atoms with van der Waals surface area (Å²) in [4.78, 5) is 15.1. The molecule has 1 amide bonds. The van der Waals surface area contributed by atoms with Crippen LogP contribution in [-0.2, 0) is 10.8 Å². The number of nitrogens with zero attached hydrogens (tertiary/aromatic N) is 2. The van der Waals surface area contributed by atoms with Crippen LogP contribution >= 0.6 is 0 Å². The Balaban J connectivity index is 2.26. The molecule has 0 saturated heterocycles. The number of aromatic hydroxyl groups is 2. The lowest BCUT2D eigenvalue weighted by molar-refractivity contribution is 0.0955. The van der Waals surface area contributed by atoms with Gasteiger partial charge in [-0.2, -0.15) is 5.10 Å². The van der Waals surface area contributed by atoms with Crippen molar-refractivity contribution in [2.75, 3.05) is 18.0 Å². The van der Waals surface area contributed by atoms with E-state index in [-0.39, 0.29) is 28.2 Å². The lowest BCUT2D eigenvalue weighted by Gasteiger charge is -2.28. The van der Waals surface area contributed by atoms with Crippen molar-refractivity contribution in [1.82, 2.24) is 5.43 Å². The molecule has 2 aromatic carbocycles. The minimum atomic E-state index is -0.375. The second kappa shape index (κ2) is 10.9. The third kappa shape index (κ3) is 6.75. The Morgan fingerprint density at radius 1 is 0.941 bits per heavy atom. The van der Waals surface area contributed by atoms with Crippen molar-refractivity contribution in [1.29, 1.82) is 0 Å². The molecule has 6 heteroatoms. The van der Waals surface area contributed by atoms with Crippen molar-refractivity contribution in [3.05, 3.63) is 52.6 Å². The Kier molecular flexibility index (Phi) is 8.76. The van der Waals surface area contributed by atoms with Crippen molar-refractivity contribution in [2.24, 2.45) is 5.10 Å². The van der Waals surface area contributed by atoms with Crippen LogP contribution in [0.1, 0.15) is 95.3 Å². The van der Waals surface area contributed by atoms with Gasteiger partial charge in [-0.05, 0) is 47.9 Å². The van der Waals surface area contributed by atoms with Gasteiger partial charge in [-0.15, -0.1) is 0 Å². The Morgan fingerprint density at radius 2 is 1.47 bits per heavy atom. The maximum Gasteiger partial charge on any atom is 0.271 e. The highest BCUT2D eigenvalue weighted by atomic mass is 16.3. The van der Waals surface area contributed by atoms with E-state index in [1.54, 1.807) is 24.3 Å². The Bertz CT molecular complexity index is 989. The zero-order valence-corrected chi connectivity index (χ0v) is 22.0. The van der Waals surface area contributed by atoms with Crippen LogP contribution in [0.2, 0.25) is 0 Å². The van der Waals surface area contributed by atoms with Gasteiger partial charge in [0.15, 0.2) is 0 Å². The number of benzene rings is 2. The summed E-state index contributed by atoms with van der Waals surface area (Å²) in [5.74, 6) is -0.0342. The largest absolute Gasteiger partial charge is 0.507 e. The minimum absolute atomic E-state index is 0.113. The minimum Gasteiger partial charge on any atom is -0.507 e. The smallest absolute Gasteiger partial charge is 0.271 e. The molecular weight excluding hydrogens is 426 g/mol. The molecule has 0 aromatic heterocycles. The van der Waals surface area contributed by atoms with Crippen molar-refractivity contribution >= 4 is 17.8 Å². The molecule has 0 atom stereocenters. The number of phenolic OH excluding ortho intramolecular Hbond substituents is 2.